The number of nitrogens with zero attached hydrogens (tertiary/aromatic N) is 1. The first-order valence-corrected chi connectivity index (χ1v) is 8.75. The summed E-state index contributed by atoms with van der Waals surface area (Å²) >= 11 is 4.12. The predicted molar refractivity (Wildman–Crippen MR) is 100 cm³/mol. The molecule has 1 heterocycles. The molecule has 114 valence electrons. The molecule has 4 rings (SSSR count). The Hall–Kier alpha value is -2.06. The summed E-state index contributed by atoms with van der Waals surface area (Å²) in [7, 11) is 0. The zero-order chi connectivity index (χ0) is 15.7. The number of anilines is 1. The van der Waals surface area contributed by atoms with E-state index in [4.69, 9.17) is 0 Å². The normalized spacial score (nSPS) is 13.9. The van der Waals surface area contributed by atoms with E-state index in [-0.39, 0.29) is 4.45 Å². The fraction of sp³-hybridized carbons (Fsp3) is 0.143. The second-order valence-corrected chi connectivity index (χ2v) is 7.03. The minimum atomic E-state index is -0.345. The van der Waals surface area contributed by atoms with Crippen molar-refractivity contribution in [3.63, 3.8) is 0 Å². The number of alkyl halides is 1. The summed E-state index contributed by atoms with van der Waals surface area (Å²) in [6, 6.07) is 30.1. The van der Waals surface area contributed by atoms with Crippen molar-refractivity contribution in [3.8, 4) is 0 Å². The van der Waals surface area contributed by atoms with Gasteiger partial charge < -0.3 is 4.90 Å². The van der Waals surface area contributed by atoms with E-state index in [2.05, 4.69) is 106 Å². The van der Waals surface area contributed by atoms with E-state index >= 15 is 0 Å². The lowest BCUT2D eigenvalue weighted by atomic mass is 9.96. The maximum atomic E-state index is 4.12. The van der Waals surface area contributed by atoms with Gasteiger partial charge in [0.15, 0.2) is 0 Å². The van der Waals surface area contributed by atoms with E-state index in [1.807, 2.05) is 0 Å². The fourth-order valence-electron chi connectivity index (χ4n) is 3.45. The highest BCUT2D eigenvalue weighted by atomic mass is 79.9. The van der Waals surface area contributed by atoms with E-state index in [1.165, 1.54) is 22.4 Å². The lowest BCUT2D eigenvalue weighted by Crippen LogP contribution is -2.41. The van der Waals surface area contributed by atoms with Crippen LogP contribution in [0.2, 0.25) is 0 Å². The van der Waals surface area contributed by atoms with Gasteiger partial charge in [0.05, 0.1) is 0 Å². The van der Waals surface area contributed by atoms with Gasteiger partial charge >= 0.3 is 0 Å². The second-order valence-electron chi connectivity index (χ2n) is 5.88. The average molecular weight is 364 g/mol. The Morgan fingerprint density at radius 2 is 1.22 bits per heavy atom. The second kappa shape index (κ2) is 5.86. The maximum absolute atomic E-state index is 4.12. The van der Waals surface area contributed by atoms with Crippen molar-refractivity contribution >= 4 is 21.6 Å². The topological polar surface area (TPSA) is 3.24 Å². The van der Waals surface area contributed by atoms with Crippen LogP contribution in [0.3, 0.4) is 0 Å². The first-order chi connectivity index (χ1) is 11.3. The standard InChI is InChI=1S/C21H18BrN/c22-21(18-10-3-1-4-11-18,19-12-5-2-6-13-19)23-16-15-17-9-7-8-14-20(17)23/h1-14H,15-16H2. The molecule has 0 amide bonds. The van der Waals surface area contributed by atoms with Crippen LogP contribution in [0.15, 0.2) is 84.9 Å². The SMILES string of the molecule is BrC(c1ccccc1)(c1ccccc1)N1CCc2ccccc21. The minimum Gasteiger partial charge on any atom is -0.348 e. The molecule has 0 bridgehead atoms. The number of hydrogen-bond donors (Lipinski definition) is 0. The molecule has 1 aliphatic heterocycles. The van der Waals surface area contributed by atoms with E-state index in [1.54, 1.807) is 0 Å². The molecule has 0 aromatic heterocycles. The first kappa shape index (κ1) is 14.5. The molecule has 2 heteroatoms. The average Bonchev–Trinajstić information content (AvgIpc) is 3.07. The molecule has 0 spiro atoms. The van der Waals surface area contributed by atoms with Crippen LogP contribution in [-0.4, -0.2) is 6.54 Å². The Kier molecular flexibility index (Phi) is 3.70. The van der Waals surface area contributed by atoms with E-state index in [0.29, 0.717) is 0 Å². The number of para-hydroxylation sites is 1. The highest BCUT2D eigenvalue weighted by Crippen LogP contribution is 2.47. The quantitative estimate of drug-likeness (QED) is 0.448. The van der Waals surface area contributed by atoms with Crippen LogP contribution in [0, 0.1) is 0 Å². The summed E-state index contributed by atoms with van der Waals surface area (Å²) in [5.74, 6) is 0. The van der Waals surface area contributed by atoms with Gasteiger partial charge in [-0.3, -0.25) is 0 Å². The smallest absolute Gasteiger partial charge is 0.147 e. The number of rotatable bonds is 3. The summed E-state index contributed by atoms with van der Waals surface area (Å²) in [6.45, 7) is 1.01. The lowest BCUT2D eigenvalue weighted by molar-refractivity contribution is 0.690. The van der Waals surface area contributed by atoms with Crippen molar-refractivity contribution in [1.82, 2.24) is 0 Å². The summed E-state index contributed by atoms with van der Waals surface area (Å²) in [5.41, 5.74) is 5.24. The van der Waals surface area contributed by atoms with Gasteiger partial charge in [0, 0.05) is 12.2 Å². The van der Waals surface area contributed by atoms with Crippen LogP contribution in [-0.2, 0) is 10.9 Å². The van der Waals surface area contributed by atoms with Crippen LogP contribution in [0.4, 0.5) is 5.69 Å². The maximum Gasteiger partial charge on any atom is 0.147 e. The molecule has 0 N–H and O–H groups in total. The van der Waals surface area contributed by atoms with Crippen molar-refractivity contribution in [2.45, 2.75) is 10.9 Å². The zero-order valence-electron chi connectivity index (χ0n) is 12.8. The fourth-order valence-corrected chi connectivity index (χ4v) is 4.35. The van der Waals surface area contributed by atoms with Crippen LogP contribution in [0.1, 0.15) is 16.7 Å². The third kappa shape index (κ3) is 2.38. The Balaban J connectivity index is 1.91. The van der Waals surface area contributed by atoms with Gasteiger partial charge in [0.2, 0.25) is 0 Å². The molecule has 0 atom stereocenters. The van der Waals surface area contributed by atoms with Gasteiger partial charge in [-0.05, 0) is 29.2 Å². The van der Waals surface area contributed by atoms with Crippen molar-refractivity contribution in [2.24, 2.45) is 0 Å². The highest BCUT2D eigenvalue weighted by Gasteiger charge is 2.40. The van der Waals surface area contributed by atoms with Gasteiger partial charge in [-0.1, -0.05) is 94.8 Å². The Bertz CT molecular complexity index is 759. The van der Waals surface area contributed by atoms with Crippen LogP contribution in [0.25, 0.3) is 0 Å². The molecule has 1 nitrogen and oxygen atoms in total. The molecule has 23 heavy (non-hydrogen) atoms. The molecule has 3 aromatic carbocycles. The van der Waals surface area contributed by atoms with Gasteiger partial charge in [0.1, 0.15) is 4.45 Å². The Labute approximate surface area is 145 Å². The largest absolute Gasteiger partial charge is 0.348 e. The number of hydrogen-bond acceptors (Lipinski definition) is 1. The molecule has 0 aliphatic carbocycles. The Morgan fingerprint density at radius 1 is 0.696 bits per heavy atom. The zero-order valence-corrected chi connectivity index (χ0v) is 14.4. The van der Waals surface area contributed by atoms with Crippen molar-refractivity contribution in [2.75, 3.05) is 11.4 Å². The van der Waals surface area contributed by atoms with Crippen LogP contribution >= 0.6 is 15.9 Å². The van der Waals surface area contributed by atoms with Gasteiger partial charge in [-0.15, -0.1) is 0 Å². The molecule has 0 radical (unpaired) electrons. The third-order valence-corrected chi connectivity index (χ3v) is 5.92. The molecular formula is C21H18BrN. The van der Waals surface area contributed by atoms with E-state index in [0.717, 1.165) is 13.0 Å². The molecular weight excluding hydrogens is 346 g/mol. The number of fused-ring (bicyclic) bond motifs is 1. The minimum absolute atomic E-state index is 0.345. The van der Waals surface area contributed by atoms with E-state index < -0.39 is 0 Å². The van der Waals surface area contributed by atoms with Crippen molar-refractivity contribution in [3.05, 3.63) is 102 Å². The Morgan fingerprint density at radius 3 is 1.83 bits per heavy atom. The van der Waals surface area contributed by atoms with E-state index in [9.17, 15) is 0 Å². The molecule has 0 saturated carbocycles. The molecule has 0 unspecified atom stereocenters. The van der Waals surface area contributed by atoms with Crippen LogP contribution < -0.4 is 4.90 Å². The summed E-state index contributed by atoms with van der Waals surface area (Å²) < 4.78 is -0.345. The van der Waals surface area contributed by atoms with Gasteiger partial charge in [-0.25, -0.2) is 0 Å². The monoisotopic (exact) mass is 363 g/mol. The van der Waals surface area contributed by atoms with Gasteiger partial charge in [-0.2, -0.15) is 0 Å². The molecule has 0 fully saturated rings. The third-order valence-electron chi connectivity index (χ3n) is 4.57. The molecule has 3 aromatic rings. The highest BCUT2D eigenvalue weighted by molar-refractivity contribution is 9.09. The predicted octanol–water partition coefficient (Wildman–Crippen LogP) is 5.35. The van der Waals surface area contributed by atoms with Crippen molar-refractivity contribution in [1.29, 1.82) is 0 Å². The van der Waals surface area contributed by atoms with Crippen molar-refractivity contribution < 1.29 is 0 Å². The number of benzene rings is 3. The molecule has 1 aliphatic rings. The number of halogens is 1. The molecule has 0 saturated heterocycles. The first-order valence-electron chi connectivity index (χ1n) is 7.95. The van der Waals surface area contributed by atoms with Gasteiger partial charge in [0.25, 0.3) is 0 Å². The summed E-state index contributed by atoms with van der Waals surface area (Å²) in [4.78, 5) is 2.48. The summed E-state index contributed by atoms with van der Waals surface area (Å²) in [5, 5.41) is 0. The summed E-state index contributed by atoms with van der Waals surface area (Å²) in [6.07, 6.45) is 1.09. The lowest BCUT2D eigenvalue weighted by Gasteiger charge is -2.40. The van der Waals surface area contributed by atoms with Crippen LogP contribution in [0.5, 0.6) is 0 Å².